The Bertz CT molecular complexity index is 1430. The lowest BCUT2D eigenvalue weighted by Crippen LogP contribution is -2.56. The van der Waals surface area contributed by atoms with E-state index in [1.165, 1.54) is 54.6 Å². The summed E-state index contributed by atoms with van der Waals surface area (Å²) in [6.07, 6.45) is 18.0. The van der Waals surface area contributed by atoms with Crippen molar-refractivity contribution in [3.8, 4) is 11.3 Å². The van der Waals surface area contributed by atoms with Gasteiger partial charge < -0.3 is 9.47 Å². The van der Waals surface area contributed by atoms with Gasteiger partial charge in [-0.3, -0.25) is 0 Å². The fourth-order valence-corrected chi connectivity index (χ4v) is 10.9. The molecule has 238 valence electrons. The van der Waals surface area contributed by atoms with Crippen LogP contribution in [0.4, 0.5) is 0 Å². The molecule has 6 rings (SSSR count). The maximum Gasteiger partial charge on any atom is 0.287 e. The average Bonchev–Trinajstić information content (AvgIpc) is 3.38. The quantitative estimate of drug-likeness (QED) is 0.139. The summed E-state index contributed by atoms with van der Waals surface area (Å²) >= 11 is 0. The van der Waals surface area contributed by atoms with E-state index in [4.69, 9.17) is 14.5 Å². The molecule has 10 unspecified atom stereocenters. The molecule has 3 fully saturated rings. The minimum atomic E-state index is -0.0992. The van der Waals surface area contributed by atoms with Crippen molar-refractivity contribution in [3.05, 3.63) is 71.9 Å². The van der Waals surface area contributed by atoms with Crippen molar-refractivity contribution < 1.29 is 14.0 Å². The summed E-state index contributed by atoms with van der Waals surface area (Å²) in [5, 5.41) is 0. The normalized spacial score (nSPS) is 35.6. The fraction of sp³-hybridized carbons (Fsp3) is 0.650. The van der Waals surface area contributed by atoms with Gasteiger partial charge in [0, 0.05) is 23.0 Å². The largest absolute Gasteiger partial charge is 0.502 e. The zero-order chi connectivity index (χ0) is 31.4. The molecule has 0 radical (unpaired) electrons. The van der Waals surface area contributed by atoms with Crippen LogP contribution in [0.5, 0.6) is 0 Å². The number of fused-ring (bicyclic) bond motifs is 8. The van der Waals surface area contributed by atoms with Crippen molar-refractivity contribution >= 4 is 0 Å². The number of rotatable bonds is 12. The Morgan fingerprint density at radius 3 is 2.57 bits per heavy atom. The molecule has 3 aliphatic carbocycles. The highest BCUT2D eigenvalue weighted by molar-refractivity contribution is 5.70. The van der Waals surface area contributed by atoms with Crippen LogP contribution in [0, 0.1) is 29.1 Å². The van der Waals surface area contributed by atoms with E-state index in [0.717, 1.165) is 36.4 Å². The molecule has 4 aliphatic rings. The van der Waals surface area contributed by atoms with Crippen LogP contribution in [0.15, 0.2) is 60.6 Å². The van der Waals surface area contributed by atoms with Crippen LogP contribution in [0.1, 0.15) is 118 Å². The molecular formula is C40H57N2O2+. The number of allylic oxidation sites excluding steroid dienone is 3. The van der Waals surface area contributed by atoms with Crippen LogP contribution in [-0.4, -0.2) is 24.3 Å². The third kappa shape index (κ3) is 4.48. The molecule has 1 aromatic carbocycles. The number of nitrogens with zero attached hydrogens (tertiary/aromatic N) is 2. The number of benzene rings is 1. The van der Waals surface area contributed by atoms with Gasteiger partial charge in [-0.25, -0.2) is 4.57 Å². The number of hydrogen-bond acceptors (Lipinski definition) is 3. The molecule has 4 heteroatoms. The fourth-order valence-electron chi connectivity index (χ4n) is 10.9. The Morgan fingerprint density at radius 2 is 1.89 bits per heavy atom. The molecule has 0 N–H and O–H groups in total. The van der Waals surface area contributed by atoms with E-state index in [1.807, 2.05) is 6.92 Å². The van der Waals surface area contributed by atoms with Crippen LogP contribution in [0.3, 0.4) is 0 Å². The van der Waals surface area contributed by atoms with Gasteiger partial charge >= 0.3 is 0 Å². The highest BCUT2D eigenvalue weighted by Crippen LogP contribution is 2.80. The van der Waals surface area contributed by atoms with Gasteiger partial charge in [-0.05, 0) is 102 Å². The molecule has 0 spiro atoms. The summed E-state index contributed by atoms with van der Waals surface area (Å²) in [5.74, 6) is 4.76. The molecule has 0 amide bonds. The van der Waals surface area contributed by atoms with E-state index in [-0.39, 0.29) is 28.6 Å². The zero-order valence-electron chi connectivity index (χ0n) is 28.9. The first-order chi connectivity index (χ1) is 21.1. The predicted octanol–water partition coefficient (Wildman–Crippen LogP) is 9.29. The first-order valence-corrected chi connectivity index (χ1v) is 17.6. The molecule has 2 aromatic rings. The summed E-state index contributed by atoms with van der Waals surface area (Å²) in [7, 11) is 1.73. The smallest absolute Gasteiger partial charge is 0.287 e. The van der Waals surface area contributed by atoms with Gasteiger partial charge in [-0.1, -0.05) is 75.5 Å². The van der Waals surface area contributed by atoms with Crippen LogP contribution in [0.2, 0.25) is 0 Å². The molecule has 0 saturated heterocycles. The predicted molar refractivity (Wildman–Crippen MR) is 179 cm³/mol. The van der Waals surface area contributed by atoms with Gasteiger partial charge in [0.15, 0.2) is 5.69 Å². The topological polar surface area (TPSA) is 35.2 Å². The second-order valence-electron chi connectivity index (χ2n) is 15.2. The van der Waals surface area contributed by atoms with Crippen LogP contribution < -0.4 is 4.57 Å². The summed E-state index contributed by atoms with van der Waals surface area (Å²) in [4.78, 5) is 5.35. The minimum Gasteiger partial charge on any atom is -0.502 e. The maximum absolute atomic E-state index is 6.81. The molecule has 10 atom stereocenters. The molecule has 1 aromatic heterocycles. The zero-order valence-corrected chi connectivity index (χ0v) is 28.9. The monoisotopic (exact) mass is 597 g/mol. The van der Waals surface area contributed by atoms with Crippen LogP contribution in [-0.2, 0) is 20.4 Å². The Labute approximate surface area is 267 Å². The van der Waals surface area contributed by atoms with Gasteiger partial charge in [-0.2, -0.15) is 0 Å². The molecule has 1 aliphatic heterocycles. The van der Waals surface area contributed by atoms with Crippen molar-refractivity contribution in [2.24, 2.45) is 29.1 Å². The molecule has 4 nitrogen and oxygen atoms in total. The summed E-state index contributed by atoms with van der Waals surface area (Å²) in [6.45, 7) is 18.3. The van der Waals surface area contributed by atoms with Crippen molar-refractivity contribution in [2.75, 3.05) is 7.11 Å². The third-order valence-electron chi connectivity index (χ3n) is 13.2. The average molecular weight is 598 g/mol. The summed E-state index contributed by atoms with van der Waals surface area (Å²) in [6, 6.07) is 11.7. The van der Waals surface area contributed by atoms with Crippen LogP contribution in [0.25, 0.3) is 11.3 Å². The maximum atomic E-state index is 6.81. The van der Waals surface area contributed by atoms with Crippen molar-refractivity contribution in [3.63, 3.8) is 0 Å². The van der Waals surface area contributed by atoms with E-state index >= 15 is 0 Å². The third-order valence-corrected chi connectivity index (χ3v) is 13.2. The van der Waals surface area contributed by atoms with E-state index < -0.39 is 0 Å². The SMILES string of the molecule is CC=CC(C)CCC1CC2CC1CC2c1cc2[n+](cn1)C1(CCC)C(C)(c3ccccc3-2)C1(C)C(C)OC(C)C=C(C)OC. The van der Waals surface area contributed by atoms with E-state index in [0.29, 0.717) is 11.8 Å². The highest BCUT2D eigenvalue weighted by Gasteiger charge is 2.89. The lowest BCUT2D eigenvalue weighted by molar-refractivity contribution is -0.745. The van der Waals surface area contributed by atoms with Gasteiger partial charge in [0.05, 0.1) is 30.5 Å². The lowest BCUT2D eigenvalue weighted by atomic mass is 9.77. The van der Waals surface area contributed by atoms with Crippen molar-refractivity contribution in [1.29, 1.82) is 0 Å². The Balaban J connectivity index is 1.33. The number of aromatic nitrogens is 2. The highest BCUT2D eigenvalue weighted by atomic mass is 16.5. The number of hydrogen-bond donors (Lipinski definition) is 0. The summed E-state index contributed by atoms with van der Waals surface area (Å²) in [5.41, 5.74) is 5.29. The van der Waals surface area contributed by atoms with E-state index in [9.17, 15) is 0 Å². The standard InChI is InChI=1S/C40H57N2O2/c1-10-14-26(3)17-18-30-21-32-22-31(30)23-34(32)36-24-37-33-15-12-13-16-35(33)39(8)38(7,29(6)44-28(5)20-27(4)43-9)40(39,19-11-2)42(37)25-41-36/h10,12-16,20,24-26,28-32,34H,11,17-19,21-23H2,1-9H3/q+1. The number of ether oxygens (including phenoxy) is 2. The lowest BCUT2D eigenvalue weighted by Gasteiger charge is -2.31. The van der Waals surface area contributed by atoms with Crippen molar-refractivity contribution in [2.45, 2.75) is 129 Å². The molecule has 3 saturated carbocycles. The molecular weight excluding hydrogens is 540 g/mol. The van der Waals surface area contributed by atoms with Gasteiger partial charge in [-0.15, -0.1) is 0 Å². The van der Waals surface area contributed by atoms with Crippen molar-refractivity contribution in [1.82, 2.24) is 4.98 Å². The molecule has 44 heavy (non-hydrogen) atoms. The second kappa shape index (κ2) is 11.7. The molecule has 2 bridgehead atoms. The van der Waals surface area contributed by atoms with Gasteiger partial charge in [0.1, 0.15) is 11.2 Å². The first kappa shape index (κ1) is 31.5. The van der Waals surface area contributed by atoms with E-state index in [2.05, 4.69) is 108 Å². The first-order valence-electron chi connectivity index (χ1n) is 17.6. The summed E-state index contributed by atoms with van der Waals surface area (Å²) < 4.78 is 14.9. The Morgan fingerprint density at radius 1 is 1.11 bits per heavy atom. The Kier molecular flexibility index (Phi) is 8.40. The number of methoxy groups -OCH3 is 1. The van der Waals surface area contributed by atoms with Crippen LogP contribution >= 0.6 is 0 Å². The molecule has 2 heterocycles. The van der Waals surface area contributed by atoms with Gasteiger partial charge in [0.25, 0.3) is 6.33 Å². The van der Waals surface area contributed by atoms with E-state index in [1.54, 1.807) is 7.11 Å². The van der Waals surface area contributed by atoms with Gasteiger partial charge in [0.2, 0.25) is 0 Å². The Hall–Kier alpha value is -2.46. The second-order valence-corrected chi connectivity index (χ2v) is 15.2. The minimum absolute atomic E-state index is 0.0279.